The third kappa shape index (κ3) is 7.47. The first-order valence-electron chi connectivity index (χ1n) is 15.8. The Labute approximate surface area is 292 Å². The van der Waals surface area contributed by atoms with Crippen LogP contribution in [0.15, 0.2) is 156 Å². The van der Waals surface area contributed by atoms with Gasteiger partial charge in [0.2, 0.25) is 11.2 Å². The van der Waals surface area contributed by atoms with Crippen LogP contribution in [0.3, 0.4) is 0 Å². The van der Waals surface area contributed by atoms with E-state index in [2.05, 4.69) is 164 Å². The summed E-state index contributed by atoms with van der Waals surface area (Å²) in [5, 5.41) is 1.27. The number of aryl methyl sites for hydroxylation is 2. The average Bonchev–Trinajstić information content (AvgIpc) is 3.07. The summed E-state index contributed by atoms with van der Waals surface area (Å²) in [7, 11) is 0. The quantitative estimate of drug-likeness (QED) is 0.0974. The van der Waals surface area contributed by atoms with Crippen molar-refractivity contribution in [2.24, 2.45) is 0 Å². The van der Waals surface area contributed by atoms with Crippen molar-refractivity contribution < 1.29 is 21.4 Å². The van der Waals surface area contributed by atoms with Crippen molar-refractivity contribution in [3.8, 4) is 50.2 Å². The van der Waals surface area contributed by atoms with Gasteiger partial charge in [0.1, 0.15) is 0 Å². The molecule has 1 nitrogen and oxygen atoms in total. The molecule has 50 heavy (non-hydrogen) atoms. The van der Waals surface area contributed by atoms with Crippen LogP contribution in [0, 0.1) is 13.8 Å². The van der Waals surface area contributed by atoms with Gasteiger partial charge in [0.25, 0.3) is 0 Å². The Morgan fingerprint density at radius 3 is 1.56 bits per heavy atom. The molecule has 0 unspecified atom stereocenters. The first-order chi connectivity index (χ1) is 23.6. The number of hydrogen-bond donors (Lipinski definition) is 0. The van der Waals surface area contributed by atoms with Gasteiger partial charge in [0.15, 0.2) is 6.20 Å². The van der Waals surface area contributed by atoms with E-state index < -0.39 is 19.5 Å². The third-order valence-electron chi connectivity index (χ3n) is 8.61. The van der Waals surface area contributed by atoms with Crippen LogP contribution in [0.25, 0.3) is 61.1 Å². The summed E-state index contributed by atoms with van der Waals surface area (Å²) in [6, 6.07) is 50.9. The molecule has 1 aliphatic rings. The predicted octanol–water partition coefficient (Wildman–Crippen LogP) is 13.0. The number of aromatic nitrogens is 1. The Balaban J connectivity index is 0.000000510. The Kier molecular flexibility index (Phi) is 8.19. The van der Waals surface area contributed by atoms with E-state index in [-0.39, 0.29) is 0 Å². The van der Waals surface area contributed by atoms with Gasteiger partial charge >= 0.3 is 36.4 Å². The molecule has 1 aromatic heterocycles. The van der Waals surface area contributed by atoms with E-state index in [0.717, 1.165) is 0 Å². The van der Waals surface area contributed by atoms with Gasteiger partial charge in [-0.05, 0) is 82.6 Å². The molecule has 0 fully saturated rings. The van der Waals surface area contributed by atoms with Crippen molar-refractivity contribution in [3.05, 3.63) is 157 Å². The first-order valence-corrected chi connectivity index (χ1v) is 22.4. The molecule has 2 heterocycles. The van der Waals surface area contributed by atoms with Crippen molar-refractivity contribution in [2.45, 2.75) is 23.6 Å². The summed E-state index contributed by atoms with van der Waals surface area (Å²) in [4.78, 5) is 2.55. The number of benzene rings is 6. The van der Waals surface area contributed by atoms with Gasteiger partial charge < -0.3 is 0 Å². The van der Waals surface area contributed by atoms with E-state index in [1.807, 2.05) is 11.8 Å². The van der Waals surface area contributed by atoms with Crippen molar-refractivity contribution in [3.63, 3.8) is 0 Å². The summed E-state index contributed by atoms with van der Waals surface area (Å²) in [5.74, 6) is 0. The van der Waals surface area contributed by atoms with Crippen molar-refractivity contribution in [2.75, 3.05) is 0 Å². The molecular weight excluding hydrogens is 774 g/mol. The third-order valence-corrected chi connectivity index (χ3v) is 9.69. The second kappa shape index (κ2) is 12.1. The van der Waals surface area contributed by atoms with Crippen LogP contribution in [0.2, 0.25) is 0 Å². The summed E-state index contributed by atoms with van der Waals surface area (Å²) in [6.07, 6.45) is 2.36. The topological polar surface area (TPSA) is 3.88 Å². The standard InChI is InChI=1S/C41H30NS.6FH.Sb/c1-27-13-9-11-19-33(27)31-21-22-37-38(24-31)43-39-25-32(34-20-12-10-14-28(34)2)23-35-40(30-17-7-4-8-18-30)36(26-42(37)41(35)39)29-15-5-3-6-16-29;;;;;;;/h3-26H,1-2H3;6*1H;/q+1;;;;;;;+5/p-6. The molecule has 9 heteroatoms. The number of halogens is 6. The van der Waals surface area contributed by atoms with E-state index in [1.54, 1.807) is 0 Å². The number of nitrogens with zero attached hydrogens (tertiary/aromatic N) is 1. The minimum atomic E-state index is -11.2. The Bertz CT molecular complexity index is 2400. The van der Waals surface area contributed by atoms with Crippen LogP contribution in [-0.2, 0) is 0 Å². The van der Waals surface area contributed by atoms with Crippen LogP contribution in [0.4, 0.5) is 16.9 Å². The van der Waals surface area contributed by atoms with Crippen molar-refractivity contribution in [1.82, 2.24) is 0 Å². The number of pyridine rings is 1. The van der Waals surface area contributed by atoms with E-state index in [1.165, 1.54) is 82.0 Å². The normalized spacial score (nSPS) is 13.4. The molecule has 252 valence electrons. The molecule has 6 aromatic carbocycles. The fraction of sp³-hybridized carbons (Fsp3) is 0.0488. The molecule has 0 amide bonds. The van der Waals surface area contributed by atoms with Gasteiger partial charge in [-0.3, -0.25) is 0 Å². The monoisotopic (exact) mass is 803 g/mol. The average molecular weight is 805 g/mol. The molecule has 0 bridgehead atoms. The summed E-state index contributed by atoms with van der Waals surface area (Å²) >= 11 is -9.36. The Morgan fingerprint density at radius 2 is 0.980 bits per heavy atom. The van der Waals surface area contributed by atoms with E-state index in [4.69, 9.17) is 0 Å². The maximum atomic E-state index is 9.93. The number of rotatable bonds is 4. The maximum absolute atomic E-state index is 11.2. The Hall–Kier alpha value is -4.52. The van der Waals surface area contributed by atoms with E-state index >= 15 is 0 Å². The van der Waals surface area contributed by atoms with Gasteiger partial charge in [0, 0.05) is 11.6 Å². The molecule has 0 atom stereocenters. The van der Waals surface area contributed by atoms with Gasteiger partial charge in [-0.1, -0.05) is 121 Å². The molecule has 0 N–H and O–H groups in total. The SMILES string of the molecule is Cc1ccccc1-c1ccc2c(c1)Sc1cc(-c3ccccc3C)cc3c(-c4ccccc4)c(-c4ccccc4)c[n+]-2c13.[F][Sb-]([F])([F])([F])([F])[F]. The van der Waals surface area contributed by atoms with E-state index in [0.29, 0.717) is 0 Å². The summed E-state index contributed by atoms with van der Waals surface area (Å²) in [6.45, 7) is 4.40. The molecule has 0 aliphatic carbocycles. The second-order valence-corrected chi connectivity index (χ2v) is 18.8. The molecule has 0 radical (unpaired) electrons. The number of fused-ring (bicyclic) bond motifs is 2. The minimum absolute atomic E-state index is 1.21. The van der Waals surface area contributed by atoms with Crippen LogP contribution in [0.1, 0.15) is 11.1 Å². The molecule has 7 aromatic rings. The number of hydrogen-bond acceptors (Lipinski definition) is 1. The molecule has 8 rings (SSSR count). The molecule has 0 saturated heterocycles. The van der Waals surface area contributed by atoms with Crippen molar-refractivity contribution in [1.29, 1.82) is 0 Å². The van der Waals surface area contributed by atoms with Gasteiger partial charge in [-0.25, -0.2) is 0 Å². The zero-order valence-electron chi connectivity index (χ0n) is 26.9. The second-order valence-electron chi connectivity index (χ2n) is 12.3. The predicted molar refractivity (Wildman–Crippen MR) is 193 cm³/mol. The fourth-order valence-electron chi connectivity index (χ4n) is 6.50. The zero-order valence-corrected chi connectivity index (χ0v) is 30.3. The summed E-state index contributed by atoms with van der Waals surface area (Å²) < 4.78 is 62.0. The van der Waals surface area contributed by atoms with Gasteiger partial charge in [-0.15, -0.1) is 0 Å². The summed E-state index contributed by atoms with van der Waals surface area (Å²) in [5.41, 5.74) is 15.1. The van der Waals surface area contributed by atoms with Crippen LogP contribution in [-0.4, -0.2) is 19.5 Å². The van der Waals surface area contributed by atoms with E-state index in [9.17, 15) is 16.9 Å². The van der Waals surface area contributed by atoms with Crippen LogP contribution in [0.5, 0.6) is 0 Å². The van der Waals surface area contributed by atoms with Gasteiger partial charge in [0.05, 0.1) is 20.7 Å². The molecule has 0 spiro atoms. The van der Waals surface area contributed by atoms with Crippen molar-refractivity contribution >= 4 is 42.1 Å². The first kappa shape index (κ1) is 34.0. The molecule has 0 saturated carbocycles. The molecular formula is C41H30F6NSSb. The van der Waals surface area contributed by atoms with Crippen LogP contribution >= 0.6 is 11.8 Å². The Morgan fingerprint density at radius 1 is 0.480 bits per heavy atom. The zero-order chi connectivity index (χ0) is 35.3. The van der Waals surface area contributed by atoms with Crippen LogP contribution < -0.4 is 4.57 Å². The molecule has 1 aliphatic heterocycles. The van der Waals surface area contributed by atoms with Gasteiger partial charge in [-0.2, -0.15) is 4.57 Å². The fourth-order valence-corrected chi connectivity index (χ4v) is 7.69.